The van der Waals surface area contributed by atoms with Gasteiger partial charge in [-0.1, -0.05) is 74.7 Å². The largest absolute Gasteiger partial charge is 0.341 e. The van der Waals surface area contributed by atoms with Crippen molar-refractivity contribution in [1.29, 1.82) is 0 Å². The van der Waals surface area contributed by atoms with E-state index in [0.717, 1.165) is 26.2 Å². The number of nitrogens with zero attached hydrogens (tertiary/aromatic N) is 3. The third-order valence-electron chi connectivity index (χ3n) is 7.33. The first-order valence-electron chi connectivity index (χ1n) is 13.7. The molecule has 1 rings (SSSR count). The fraction of sp³-hybridized carbons (Fsp3) is 0.966. The highest BCUT2D eigenvalue weighted by Gasteiger charge is 2.30. The lowest BCUT2D eigenvalue weighted by atomic mass is 9.72. The summed E-state index contributed by atoms with van der Waals surface area (Å²) in [4.78, 5) is 10.3. The zero-order chi connectivity index (χ0) is 24.6. The molecule has 3 nitrogen and oxygen atoms in total. The molecule has 0 bridgehead atoms. The molecule has 32 heavy (non-hydrogen) atoms. The van der Waals surface area contributed by atoms with Crippen molar-refractivity contribution in [3.8, 4) is 0 Å². The highest BCUT2D eigenvalue weighted by Crippen LogP contribution is 2.39. The van der Waals surface area contributed by atoms with Gasteiger partial charge < -0.3 is 9.80 Å². The first kappa shape index (κ1) is 29.3. The van der Waals surface area contributed by atoms with Crippen molar-refractivity contribution in [2.24, 2.45) is 21.2 Å². The Bertz CT molecular complexity index is 565. The number of unbranched alkanes of at least 4 members (excludes halogenated alkanes) is 1. The standard InChI is InChI=1S/C29H59N3/c1-12-14-17-28(8,9)18-15-20-31-22-23-32(25(31)30-26(3,4)5)21-16-19-29(10,11)24-27(6,7)13-2/h12-24H2,1-11H3. The Morgan fingerprint density at radius 2 is 1.12 bits per heavy atom. The SMILES string of the molecule is CCCCC(C)(C)CCCN1CCN(CCCC(C)(C)CC(C)(C)CC)C1=NC(C)(C)C. The van der Waals surface area contributed by atoms with Crippen molar-refractivity contribution in [2.45, 2.75) is 139 Å². The zero-order valence-electron chi connectivity index (χ0n) is 24.0. The van der Waals surface area contributed by atoms with Crippen LogP contribution < -0.4 is 0 Å². The lowest BCUT2D eigenvalue weighted by molar-refractivity contribution is 0.171. The van der Waals surface area contributed by atoms with Gasteiger partial charge in [0.1, 0.15) is 0 Å². The van der Waals surface area contributed by atoms with Gasteiger partial charge in [0.25, 0.3) is 0 Å². The van der Waals surface area contributed by atoms with Crippen molar-refractivity contribution in [3.63, 3.8) is 0 Å². The van der Waals surface area contributed by atoms with Gasteiger partial charge in [0, 0.05) is 26.2 Å². The molecule has 1 aliphatic heterocycles. The topological polar surface area (TPSA) is 18.8 Å². The molecule has 0 spiro atoms. The summed E-state index contributed by atoms with van der Waals surface area (Å²) in [5, 5.41) is 0. The molecule has 1 saturated heterocycles. The van der Waals surface area contributed by atoms with Gasteiger partial charge in [0.15, 0.2) is 5.96 Å². The third kappa shape index (κ3) is 11.4. The molecule has 0 radical (unpaired) electrons. The predicted molar refractivity (Wildman–Crippen MR) is 145 cm³/mol. The van der Waals surface area contributed by atoms with Gasteiger partial charge >= 0.3 is 0 Å². The molecule has 0 N–H and O–H groups in total. The van der Waals surface area contributed by atoms with E-state index in [-0.39, 0.29) is 5.54 Å². The zero-order valence-corrected chi connectivity index (χ0v) is 24.0. The number of hydrogen-bond donors (Lipinski definition) is 0. The quantitative estimate of drug-likeness (QED) is 0.265. The molecular formula is C29H59N3. The molecule has 0 aliphatic carbocycles. The highest BCUT2D eigenvalue weighted by molar-refractivity contribution is 5.82. The van der Waals surface area contributed by atoms with Crippen LogP contribution in [0, 0.1) is 16.2 Å². The van der Waals surface area contributed by atoms with E-state index in [1.54, 1.807) is 0 Å². The summed E-state index contributed by atoms with van der Waals surface area (Å²) in [5.41, 5.74) is 1.29. The molecule has 0 atom stereocenters. The molecular weight excluding hydrogens is 390 g/mol. The molecule has 0 aromatic rings. The summed E-state index contributed by atoms with van der Waals surface area (Å²) in [6, 6.07) is 0. The summed E-state index contributed by atoms with van der Waals surface area (Å²) in [6.07, 6.45) is 11.7. The minimum atomic E-state index is -0.0268. The van der Waals surface area contributed by atoms with E-state index in [4.69, 9.17) is 4.99 Å². The Labute approximate surface area is 202 Å². The van der Waals surface area contributed by atoms with Gasteiger partial charge in [-0.2, -0.15) is 0 Å². The molecule has 1 fully saturated rings. The van der Waals surface area contributed by atoms with Crippen molar-refractivity contribution < 1.29 is 0 Å². The van der Waals surface area contributed by atoms with E-state index in [0.29, 0.717) is 16.2 Å². The van der Waals surface area contributed by atoms with E-state index in [1.807, 2.05) is 0 Å². The maximum Gasteiger partial charge on any atom is 0.197 e. The van der Waals surface area contributed by atoms with Gasteiger partial charge in [0.2, 0.25) is 0 Å². The molecule has 190 valence electrons. The summed E-state index contributed by atoms with van der Waals surface area (Å²) < 4.78 is 0. The third-order valence-corrected chi connectivity index (χ3v) is 7.33. The van der Waals surface area contributed by atoms with Gasteiger partial charge in [-0.15, -0.1) is 0 Å². The molecule has 0 aromatic heterocycles. The Hall–Kier alpha value is -0.730. The smallest absolute Gasteiger partial charge is 0.197 e. The van der Waals surface area contributed by atoms with Gasteiger partial charge in [-0.3, -0.25) is 0 Å². The van der Waals surface area contributed by atoms with Crippen LogP contribution in [0.5, 0.6) is 0 Å². The van der Waals surface area contributed by atoms with E-state index in [2.05, 4.69) is 86.0 Å². The van der Waals surface area contributed by atoms with E-state index < -0.39 is 0 Å². The lowest BCUT2D eigenvalue weighted by Gasteiger charge is -2.35. The Morgan fingerprint density at radius 1 is 0.656 bits per heavy atom. The summed E-state index contributed by atoms with van der Waals surface area (Å²) in [6.45, 7) is 30.6. The molecule has 3 heteroatoms. The number of rotatable bonds is 14. The number of guanidine groups is 1. The Kier molecular flexibility index (Phi) is 11.1. The fourth-order valence-corrected chi connectivity index (χ4v) is 5.29. The maximum absolute atomic E-state index is 5.19. The fourth-order valence-electron chi connectivity index (χ4n) is 5.29. The minimum absolute atomic E-state index is 0.0268. The van der Waals surface area contributed by atoms with Crippen LogP contribution in [0.25, 0.3) is 0 Å². The van der Waals surface area contributed by atoms with Crippen LogP contribution in [0.1, 0.15) is 134 Å². The van der Waals surface area contributed by atoms with Crippen LogP contribution in [0.3, 0.4) is 0 Å². The van der Waals surface area contributed by atoms with Crippen molar-refractivity contribution in [3.05, 3.63) is 0 Å². The monoisotopic (exact) mass is 449 g/mol. The van der Waals surface area contributed by atoms with Crippen molar-refractivity contribution in [2.75, 3.05) is 26.2 Å². The highest BCUT2D eigenvalue weighted by atomic mass is 15.4. The molecule has 0 saturated carbocycles. The van der Waals surface area contributed by atoms with Gasteiger partial charge in [0.05, 0.1) is 5.54 Å². The van der Waals surface area contributed by atoms with Gasteiger partial charge in [-0.05, 0) is 75.5 Å². The average molecular weight is 450 g/mol. The predicted octanol–water partition coefficient (Wildman–Crippen LogP) is 8.39. The second-order valence-corrected chi connectivity index (χ2v) is 13.9. The van der Waals surface area contributed by atoms with Crippen LogP contribution in [0.15, 0.2) is 4.99 Å². The molecule has 1 aliphatic rings. The average Bonchev–Trinajstić information content (AvgIpc) is 2.99. The van der Waals surface area contributed by atoms with Crippen LogP contribution in [-0.2, 0) is 0 Å². The molecule has 0 aromatic carbocycles. The molecule has 1 heterocycles. The molecule has 0 amide bonds. The van der Waals surface area contributed by atoms with Crippen LogP contribution in [0.4, 0.5) is 0 Å². The lowest BCUT2D eigenvalue weighted by Crippen LogP contribution is -2.37. The van der Waals surface area contributed by atoms with Crippen molar-refractivity contribution in [1.82, 2.24) is 9.80 Å². The van der Waals surface area contributed by atoms with Crippen LogP contribution >= 0.6 is 0 Å². The molecule has 0 unspecified atom stereocenters. The minimum Gasteiger partial charge on any atom is -0.341 e. The second kappa shape index (κ2) is 12.1. The van der Waals surface area contributed by atoms with Crippen LogP contribution in [0.2, 0.25) is 0 Å². The summed E-state index contributed by atoms with van der Waals surface area (Å²) >= 11 is 0. The van der Waals surface area contributed by atoms with Crippen LogP contribution in [-0.4, -0.2) is 47.5 Å². The summed E-state index contributed by atoms with van der Waals surface area (Å²) in [5.74, 6) is 1.26. The maximum atomic E-state index is 5.19. The second-order valence-electron chi connectivity index (χ2n) is 13.9. The number of aliphatic imine (C=N–C) groups is 1. The van der Waals surface area contributed by atoms with E-state index in [9.17, 15) is 0 Å². The summed E-state index contributed by atoms with van der Waals surface area (Å²) in [7, 11) is 0. The van der Waals surface area contributed by atoms with Crippen molar-refractivity contribution >= 4 is 5.96 Å². The first-order valence-corrected chi connectivity index (χ1v) is 13.7. The normalized spacial score (nSPS) is 17.7. The van der Waals surface area contributed by atoms with E-state index >= 15 is 0 Å². The van der Waals surface area contributed by atoms with Gasteiger partial charge in [-0.25, -0.2) is 4.99 Å². The Morgan fingerprint density at radius 3 is 1.56 bits per heavy atom. The first-order chi connectivity index (χ1) is 14.6. The number of hydrogen-bond acceptors (Lipinski definition) is 1. The Balaban J connectivity index is 2.68. The van der Waals surface area contributed by atoms with E-state index in [1.165, 1.54) is 63.7 Å².